The minimum atomic E-state index is -2.97. The van der Waals surface area contributed by atoms with E-state index in [9.17, 15) is 22.9 Å². The van der Waals surface area contributed by atoms with E-state index < -0.39 is 27.5 Å². The van der Waals surface area contributed by atoms with Crippen LogP contribution in [-0.2, 0) is 15.3 Å². The zero-order valence-electron chi connectivity index (χ0n) is 19.0. The molecule has 11 heteroatoms. The van der Waals surface area contributed by atoms with Crippen LogP contribution in [0.4, 0.5) is 8.78 Å². The lowest BCUT2D eigenvalue weighted by atomic mass is 9.98. The third kappa shape index (κ3) is 4.90. The molecule has 1 aromatic heterocycles. The van der Waals surface area contributed by atoms with Crippen molar-refractivity contribution in [2.45, 2.75) is 44.9 Å². The van der Waals surface area contributed by atoms with E-state index in [1.54, 1.807) is 51.1 Å². The van der Waals surface area contributed by atoms with E-state index in [0.29, 0.717) is 34.3 Å². The summed E-state index contributed by atoms with van der Waals surface area (Å²) in [5.74, 6) is -0.0824. The number of rotatable bonds is 6. The second-order valence-electron chi connectivity index (χ2n) is 9.35. The van der Waals surface area contributed by atoms with Gasteiger partial charge in [-0.1, -0.05) is 6.07 Å². The average Bonchev–Trinajstić information content (AvgIpc) is 3.23. The Morgan fingerprint density at radius 3 is 2.68 bits per heavy atom. The molecule has 4 rings (SSSR count). The first-order valence-electron chi connectivity index (χ1n) is 10.6. The number of hydrogen-bond acceptors (Lipinski definition) is 6. The lowest BCUT2D eigenvalue weighted by Crippen LogP contribution is -2.46. The molecular weight excluding hydrogens is 466 g/mol. The summed E-state index contributed by atoms with van der Waals surface area (Å²) in [7, 11) is -2.70. The zero-order valence-corrected chi connectivity index (χ0v) is 19.8. The van der Waals surface area contributed by atoms with Gasteiger partial charge in [0.25, 0.3) is 5.91 Å². The van der Waals surface area contributed by atoms with E-state index in [1.165, 1.54) is 16.8 Å². The van der Waals surface area contributed by atoms with Crippen LogP contribution in [0.3, 0.4) is 0 Å². The molecule has 1 saturated heterocycles. The van der Waals surface area contributed by atoms with Crippen molar-refractivity contribution < 1.29 is 27.6 Å². The molecule has 0 bridgehead atoms. The molecule has 0 radical (unpaired) electrons. The zero-order chi connectivity index (χ0) is 24.9. The quantitative estimate of drug-likeness (QED) is 0.484. The number of fused-ring (bicyclic) bond motifs is 1. The number of carbonyl (C=O) groups excluding carboxylic acids is 1. The fourth-order valence-corrected chi connectivity index (χ4v) is 6.36. The van der Waals surface area contributed by atoms with Crippen molar-refractivity contribution >= 4 is 26.5 Å². The number of aliphatic hydroxyl groups is 1. The van der Waals surface area contributed by atoms with Gasteiger partial charge in [0.15, 0.2) is 0 Å². The molecule has 34 heavy (non-hydrogen) atoms. The molecule has 182 valence electrons. The fraction of sp³-hybridized carbons (Fsp3) is 0.391. The lowest BCUT2D eigenvalue weighted by Gasteiger charge is -2.24. The molecule has 1 aliphatic rings. The van der Waals surface area contributed by atoms with Crippen LogP contribution >= 0.6 is 0 Å². The molecule has 0 aliphatic carbocycles. The van der Waals surface area contributed by atoms with E-state index >= 15 is 0 Å². The largest absolute Gasteiger partial charge is 0.435 e. The summed E-state index contributed by atoms with van der Waals surface area (Å²) in [6.45, 7) is 1.93. The number of benzene rings is 2. The molecule has 0 spiro atoms. The Morgan fingerprint density at radius 2 is 2.06 bits per heavy atom. The van der Waals surface area contributed by atoms with E-state index in [-0.39, 0.29) is 23.2 Å². The van der Waals surface area contributed by atoms with Gasteiger partial charge in [-0.05, 0) is 57.5 Å². The van der Waals surface area contributed by atoms with Crippen LogP contribution in [0, 0.1) is 4.78 Å². The SMILES string of the molecule is CC(C)(O)c1nn(-c2cccc(OC(F)F)c2)c2ccc(C(=O)N[C@@]3(C)CCS(=N)(=O)C3)cc12. The van der Waals surface area contributed by atoms with Crippen LogP contribution in [0.25, 0.3) is 16.6 Å². The summed E-state index contributed by atoms with van der Waals surface area (Å²) in [5, 5.41) is 18.7. The van der Waals surface area contributed by atoms with Crippen LogP contribution < -0.4 is 10.1 Å². The van der Waals surface area contributed by atoms with Gasteiger partial charge in [0.1, 0.15) is 17.0 Å². The number of carbonyl (C=O) groups is 1. The molecular formula is C23H26F2N4O4S. The first-order chi connectivity index (χ1) is 15.8. The van der Waals surface area contributed by atoms with Crippen LogP contribution in [-0.4, -0.2) is 48.7 Å². The Hall–Kier alpha value is -3.05. The molecule has 1 aliphatic heterocycles. The minimum absolute atomic E-state index is 0.0345. The van der Waals surface area contributed by atoms with Crippen molar-refractivity contribution in [2.75, 3.05) is 11.5 Å². The fourth-order valence-electron chi connectivity index (χ4n) is 4.19. The summed E-state index contributed by atoms with van der Waals surface area (Å²) in [6, 6.07) is 10.9. The Labute approximate surface area is 195 Å². The third-order valence-electron chi connectivity index (χ3n) is 5.76. The highest BCUT2D eigenvalue weighted by Crippen LogP contribution is 2.32. The highest BCUT2D eigenvalue weighted by molar-refractivity contribution is 7.92. The van der Waals surface area contributed by atoms with Crippen molar-refractivity contribution in [3.63, 3.8) is 0 Å². The number of halogens is 2. The minimum Gasteiger partial charge on any atom is -0.435 e. The van der Waals surface area contributed by atoms with Crippen molar-refractivity contribution in [1.82, 2.24) is 15.1 Å². The Morgan fingerprint density at radius 1 is 1.32 bits per heavy atom. The second kappa shape index (κ2) is 8.31. The van der Waals surface area contributed by atoms with Gasteiger partial charge in [0.05, 0.1) is 22.5 Å². The number of aromatic nitrogens is 2. The summed E-state index contributed by atoms with van der Waals surface area (Å²) < 4.78 is 51.2. The van der Waals surface area contributed by atoms with Crippen molar-refractivity contribution in [2.24, 2.45) is 0 Å². The maximum absolute atomic E-state index is 13.0. The molecule has 8 nitrogen and oxygen atoms in total. The second-order valence-corrected chi connectivity index (χ2v) is 11.7. The summed E-state index contributed by atoms with van der Waals surface area (Å²) in [5.41, 5.74) is -0.470. The Kier molecular flexibility index (Phi) is 5.89. The smallest absolute Gasteiger partial charge is 0.387 e. The van der Waals surface area contributed by atoms with E-state index in [0.717, 1.165) is 0 Å². The number of ether oxygens (including phenoxy) is 1. The maximum Gasteiger partial charge on any atom is 0.387 e. The molecule has 0 saturated carbocycles. The van der Waals surface area contributed by atoms with Gasteiger partial charge in [0, 0.05) is 32.5 Å². The van der Waals surface area contributed by atoms with Gasteiger partial charge in [-0.15, -0.1) is 0 Å². The summed E-state index contributed by atoms with van der Waals surface area (Å²) in [4.78, 5) is 13.0. The number of nitrogens with zero attached hydrogens (tertiary/aromatic N) is 2. The molecule has 3 aromatic rings. The molecule has 2 atom stereocenters. The molecule has 1 fully saturated rings. The summed E-state index contributed by atoms with van der Waals surface area (Å²) in [6.07, 6.45) is 0.452. The van der Waals surface area contributed by atoms with Crippen LogP contribution in [0.15, 0.2) is 42.5 Å². The maximum atomic E-state index is 13.0. The molecule has 2 aromatic carbocycles. The van der Waals surface area contributed by atoms with Gasteiger partial charge in [-0.2, -0.15) is 13.9 Å². The summed E-state index contributed by atoms with van der Waals surface area (Å²) >= 11 is 0. The number of hydrogen-bond donors (Lipinski definition) is 3. The Balaban J connectivity index is 1.75. The predicted molar refractivity (Wildman–Crippen MR) is 124 cm³/mol. The number of alkyl halides is 2. The highest BCUT2D eigenvalue weighted by atomic mass is 32.2. The van der Waals surface area contributed by atoms with Crippen molar-refractivity contribution in [3.8, 4) is 11.4 Å². The van der Waals surface area contributed by atoms with Gasteiger partial charge >= 0.3 is 6.61 Å². The van der Waals surface area contributed by atoms with Gasteiger partial charge in [0.2, 0.25) is 0 Å². The van der Waals surface area contributed by atoms with Gasteiger partial charge in [-0.25, -0.2) is 8.89 Å². The first-order valence-corrected chi connectivity index (χ1v) is 12.5. The lowest BCUT2D eigenvalue weighted by molar-refractivity contribution is -0.0498. The van der Waals surface area contributed by atoms with Crippen molar-refractivity contribution in [3.05, 3.63) is 53.7 Å². The first kappa shape index (κ1) is 24.1. The van der Waals surface area contributed by atoms with E-state index in [1.807, 2.05) is 0 Å². The average molecular weight is 493 g/mol. The van der Waals surface area contributed by atoms with E-state index in [4.69, 9.17) is 4.78 Å². The van der Waals surface area contributed by atoms with Gasteiger partial charge < -0.3 is 15.2 Å². The normalized spacial score (nSPS) is 22.9. The van der Waals surface area contributed by atoms with Gasteiger partial charge in [-0.3, -0.25) is 9.57 Å². The van der Waals surface area contributed by atoms with Crippen LogP contribution in [0.1, 0.15) is 43.2 Å². The molecule has 3 N–H and O–H groups in total. The third-order valence-corrected chi connectivity index (χ3v) is 7.73. The number of amides is 1. The van der Waals surface area contributed by atoms with Crippen LogP contribution in [0.5, 0.6) is 5.75 Å². The molecule has 1 amide bonds. The Bertz CT molecular complexity index is 1370. The van der Waals surface area contributed by atoms with Crippen molar-refractivity contribution in [1.29, 1.82) is 4.78 Å². The molecule has 1 unspecified atom stereocenters. The topological polar surface area (TPSA) is 117 Å². The highest BCUT2D eigenvalue weighted by Gasteiger charge is 2.37. The molecule has 2 heterocycles. The monoisotopic (exact) mass is 492 g/mol. The number of nitrogens with one attached hydrogen (secondary N) is 2. The van der Waals surface area contributed by atoms with E-state index in [2.05, 4.69) is 15.2 Å². The standard InChI is InChI=1S/C23H26F2N4O4S/c1-22(2,31)19-17-11-14(20(30)27-23(3)9-10-34(26,32)13-23)7-8-18(17)29(28-19)15-5-4-6-16(12-15)33-21(24)25/h4-8,11-12,21,26,31H,9-10,13H2,1-3H3,(H,27,30)/t23-,34?/m0/s1. The van der Waals surface area contributed by atoms with Crippen LogP contribution in [0.2, 0.25) is 0 Å². The predicted octanol–water partition coefficient (Wildman–Crippen LogP) is 3.79.